The second-order valence-corrected chi connectivity index (χ2v) is 5.84. The lowest BCUT2D eigenvalue weighted by Crippen LogP contribution is -2.34. The molecule has 0 aliphatic carbocycles. The van der Waals surface area contributed by atoms with Crippen molar-refractivity contribution in [3.8, 4) is 12.3 Å². The number of carbonyl (C=O) groups is 1. The van der Waals surface area contributed by atoms with Crippen LogP contribution >= 0.6 is 11.3 Å². The molecule has 1 N–H and O–H groups in total. The van der Waals surface area contributed by atoms with Crippen molar-refractivity contribution < 1.29 is 4.79 Å². The highest BCUT2D eigenvalue weighted by molar-refractivity contribution is 7.07. The van der Waals surface area contributed by atoms with Gasteiger partial charge >= 0.3 is 6.03 Å². The Labute approximate surface area is 128 Å². The highest BCUT2D eigenvalue weighted by atomic mass is 32.1. The Morgan fingerprint density at radius 2 is 2.33 bits per heavy atom. The number of anilines is 1. The van der Waals surface area contributed by atoms with Gasteiger partial charge in [0.05, 0.1) is 6.04 Å². The summed E-state index contributed by atoms with van der Waals surface area (Å²) in [5, 5.41) is 7.12. The number of nitrogens with zero attached hydrogens (tertiary/aromatic N) is 1. The van der Waals surface area contributed by atoms with Gasteiger partial charge in [-0.2, -0.15) is 11.3 Å². The van der Waals surface area contributed by atoms with E-state index in [4.69, 9.17) is 6.42 Å². The molecule has 0 bridgehead atoms. The number of hydrogen-bond acceptors (Lipinski definition) is 2. The first-order valence-electron chi connectivity index (χ1n) is 6.94. The van der Waals surface area contributed by atoms with Crippen molar-refractivity contribution in [2.75, 3.05) is 11.9 Å². The van der Waals surface area contributed by atoms with Crippen LogP contribution < -0.4 is 5.32 Å². The summed E-state index contributed by atoms with van der Waals surface area (Å²) in [6.07, 6.45) is 7.45. The van der Waals surface area contributed by atoms with E-state index < -0.39 is 0 Å². The van der Waals surface area contributed by atoms with Gasteiger partial charge in [0.15, 0.2) is 0 Å². The number of thiophene rings is 1. The van der Waals surface area contributed by atoms with E-state index in [1.807, 2.05) is 29.2 Å². The summed E-state index contributed by atoms with van der Waals surface area (Å²) in [5.41, 5.74) is 2.74. The molecule has 1 fully saturated rings. The van der Waals surface area contributed by atoms with E-state index >= 15 is 0 Å². The number of likely N-dealkylation sites (tertiary alicyclic amines) is 1. The molecule has 1 aliphatic heterocycles. The molecule has 0 unspecified atom stereocenters. The summed E-state index contributed by atoms with van der Waals surface area (Å²) in [4.78, 5) is 14.4. The lowest BCUT2D eigenvalue weighted by molar-refractivity contribution is 0.207. The molecule has 1 atom stereocenters. The van der Waals surface area contributed by atoms with Crippen molar-refractivity contribution in [2.45, 2.75) is 18.9 Å². The molecule has 0 radical (unpaired) electrons. The van der Waals surface area contributed by atoms with Gasteiger partial charge < -0.3 is 10.2 Å². The van der Waals surface area contributed by atoms with Crippen molar-refractivity contribution in [1.29, 1.82) is 0 Å². The number of terminal acetylenes is 1. The van der Waals surface area contributed by atoms with Gasteiger partial charge in [0, 0.05) is 17.8 Å². The molecule has 1 saturated heterocycles. The fraction of sp³-hybridized carbons (Fsp3) is 0.235. The molecule has 2 aromatic rings. The number of amides is 2. The number of rotatable bonds is 2. The van der Waals surface area contributed by atoms with E-state index in [1.165, 1.54) is 5.56 Å². The minimum Gasteiger partial charge on any atom is -0.317 e. The molecule has 3 rings (SSSR count). The third-order valence-corrected chi connectivity index (χ3v) is 4.42. The third-order valence-electron chi connectivity index (χ3n) is 3.72. The highest BCUT2D eigenvalue weighted by Crippen LogP contribution is 2.33. The Morgan fingerprint density at radius 3 is 3.10 bits per heavy atom. The Bertz CT molecular complexity index is 672. The molecule has 1 aromatic carbocycles. The van der Waals surface area contributed by atoms with Gasteiger partial charge in [-0.1, -0.05) is 12.0 Å². The van der Waals surface area contributed by atoms with Crippen molar-refractivity contribution in [3.63, 3.8) is 0 Å². The number of benzene rings is 1. The van der Waals surface area contributed by atoms with E-state index in [0.717, 1.165) is 30.6 Å². The summed E-state index contributed by atoms with van der Waals surface area (Å²) in [5.74, 6) is 2.58. The van der Waals surface area contributed by atoms with Gasteiger partial charge in [-0.3, -0.25) is 0 Å². The standard InChI is InChI=1S/C17H16N2OS/c1-2-13-5-3-6-15(11-13)18-17(20)19-9-4-7-16(19)14-8-10-21-12-14/h1,3,5-6,8,10-12,16H,4,7,9H2,(H,18,20)/t16-/m0/s1. The fourth-order valence-corrected chi connectivity index (χ4v) is 3.41. The molecule has 2 heterocycles. The summed E-state index contributed by atoms with van der Waals surface area (Å²) in [6.45, 7) is 0.793. The molecule has 1 aromatic heterocycles. The largest absolute Gasteiger partial charge is 0.322 e. The summed E-state index contributed by atoms with van der Waals surface area (Å²) in [7, 11) is 0. The van der Waals surface area contributed by atoms with Crippen molar-refractivity contribution >= 4 is 23.1 Å². The minimum atomic E-state index is -0.0575. The normalized spacial score (nSPS) is 17.5. The fourth-order valence-electron chi connectivity index (χ4n) is 2.70. The maximum atomic E-state index is 12.5. The summed E-state index contributed by atoms with van der Waals surface area (Å²) < 4.78 is 0. The first-order valence-corrected chi connectivity index (χ1v) is 7.88. The van der Waals surface area contributed by atoms with E-state index in [-0.39, 0.29) is 12.1 Å². The van der Waals surface area contributed by atoms with Crippen LogP contribution in [-0.2, 0) is 0 Å². The minimum absolute atomic E-state index is 0.0575. The molecule has 0 saturated carbocycles. The van der Waals surface area contributed by atoms with Crippen LogP contribution in [0.1, 0.15) is 30.0 Å². The molecule has 21 heavy (non-hydrogen) atoms. The molecule has 2 amide bonds. The quantitative estimate of drug-likeness (QED) is 0.831. The molecule has 1 aliphatic rings. The Balaban J connectivity index is 1.74. The third kappa shape index (κ3) is 2.93. The Morgan fingerprint density at radius 1 is 1.43 bits per heavy atom. The smallest absolute Gasteiger partial charge is 0.317 e. The van der Waals surface area contributed by atoms with Gasteiger partial charge in [-0.05, 0) is 53.4 Å². The van der Waals surface area contributed by atoms with Crippen LogP contribution in [0.2, 0.25) is 0 Å². The predicted octanol–water partition coefficient (Wildman–Crippen LogP) is 4.10. The maximum absolute atomic E-state index is 12.5. The highest BCUT2D eigenvalue weighted by Gasteiger charge is 2.30. The van der Waals surface area contributed by atoms with Gasteiger partial charge in [0.1, 0.15) is 0 Å². The van der Waals surface area contributed by atoms with E-state index in [2.05, 4.69) is 28.1 Å². The predicted molar refractivity (Wildman–Crippen MR) is 86.4 cm³/mol. The van der Waals surface area contributed by atoms with Gasteiger partial charge in [-0.15, -0.1) is 6.42 Å². The topological polar surface area (TPSA) is 32.3 Å². The van der Waals surface area contributed by atoms with Crippen LogP contribution in [0.5, 0.6) is 0 Å². The second kappa shape index (κ2) is 6.02. The summed E-state index contributed by atoms with van der Waals surface area (Å²) in [6, 6.07) is 9.59. The van der Waals surface area contributed by atoms with Crippen LogP contribution in [-0.4, -0.2) is 17.5 Å². The lowest BCUT2D eigenvalue weighted by atomic mass is 10.1. The van der Waals surface area contributed by atoms with E-state index in [9.17, 15) is 4.79 Å². The van der Waals surface area contributed by atoms with Crippen molar-refractivity contribution in [2.24, 2.45) is 0 Å². The van der Waals surface area contributed by atoms with Crippen molar-refractivity contribution in [3.05, 3.63) is 52.2 Å². The number of hydrogen-bond donors (Lipinski definition) is 1. The average molecular weight is 296 g/mol. The first kappa shape index (κ1) is 13.7. The van der Waals surface area contributed by atoms with Gasteiger partial charge in [-0.25, -0.2) is 4.79 Å². The van der Waals surface area contributed by atoms with E-state index in [1.54, 1.807) is 11.3 Å². The monoisotopic (exact) mass is 296 g/mol. The van der Waals surface area contributed by atoms with Crippen LogP contribution in [0.4, 0.5) is 10.5 Å². The van der Waals surface area contributed by atoms with E-state index in [0.29, 0.717) is 0 Å². The summed E-state index contributed by atoms with van der Waals surface area (Å²) >= 11 is 1.67. The zero-order valence-corrected chi connectivity index (χ0v) is 12.4. The van der Waals surface area contributed by atoms with Crippen LogP contribution in [0.3, 0.4) is 0 Å². The first-order chi connectivity index (χ1) is 10.3. The Kier molecular flexibility index (Phi) is 3.94. The second-order valence-electron chi connectivity index (χ2n) is 5.06. The number of carbonyl (C=O) groups excluding carboxylic acids is 1. The Hall–Kier alpha value is -2.25. The van der Waals surface area contributed by atoms with Crippen LogP contribution in [0.25, 0.3) is 0 Å². The maximum Gasteiger partial charge on any atom is 0.322 e. The van der Waals surface area contributed by atoms with Crippen LogP contribution in [0.15, 0.2) is 41.1 Å². The van der Waals surface area contributed by atoms with Gasteiger partial charge in [0.25, 0.3) is 0 Å². The van der Waals surface area contributed by atoms with Gasteiger partial charge in [0.2, 0.25) is 0 Å². The molecule has 4 heteroatoms. The molecular formula is C17H16N2OS. The average Bonchev–Trinajstić information content (AvgIpc) is 3.18. The molecule has 106 valence electrons. The zero-order chi connectivity index (χ0) is 14.7. The number of urea groups is 1. The number of nitrogens with one attached hydrogen (secondary N) is 1. The molecule has 3 nitrogen and oxygen atoms in total. The molecule has 0 spiro atoms. The van der Waals surface area contributed by atoms with Crippen LogP contribution in [0, 0.1) is 12.3 Å². The van der Waals surface area contributed by atoms with Crippen molar-refractivity contribution in [1.82, 2.24) is 4.90 Å². The molecular weight excluding hydrogens is 280 g/mol. The zero-order valence-electron chi connectivity index (χ0n) is 11.6. The SMILES string of the molecule is C#Cc1cccc(NC(=O)N2CCC[C@H]2c2ccsc2)c1. The lowest BCUT2D eigenvalue weighted by Gasteiger charge is -2.24.